The summed E-state index contributed by atoms with van der Waals surface area (Å²) in [5.74, 6) is -2.10. The topological polar surface area (TPSA) is 185 Å². The van der Waals surface area contributed by atoms with Gasteiger partial charge in [0.2, 0.25) is 0 Å². The second-order valence-corrected chi connectivity index (χ2v) is 15.0. The molecule has 5 N–H and O–H groups in total. The van der Waals surface area contributed by atoms with E-state index in [0.717, 1.165) is 0 Å². The Morgan fingerprint density at radius 2 is 1.81 bits per heavy atom. The zero-order valence-corrected chi connectivity index (χ0v) is 29.4. The molecule has 0 aromatic heterocycles. The van der Waals surface area contributed by atoms with Crippen LogP contribution >= 0.6 is 0 Å². The first-order valence-corrected chi connectivity index (χ1v) is 17.0. The van der Waals surface area contributed by atoms with Crippen LogP contribution in [-0.4, -0.2) is 138 Å². The first-order valence-electron chi connectivity index (χ1n) is 17.0. The van der Waals surface area contributed by atoms with E-state index in [4.69, 9.17) is 23.7 Å². The fraction of sp³-hybridized carbons (Fsp3) is 0.909. The highest BCUT2D eigenvalue weighted by Gasteiger charge is 2.58. The molecule has 47 heavy (non-hydrogen) atoms. The van der Waals surface area contributed by atoms with Crippen molar-refractivity contribution in [1.82, 2.24) is 15.5 Å². The molecule has 1 amide bonds. The van der Waals surface area contributed by atoms with Gasteiger partial charge in [0.05, 0.1) is 30.5 Å². The Kier molecular flexibility index (Phi) is 11.7. The van der Waals surface area contributed by atoms with Crippen molar-refractivity contribution >= 4 is 17.8 Å². The highest BCUT2D eigenvalue weighted by atomic mass is 16.7. The third kappa shape index (κ3) is 7.35. The number of fused-ring (bicyclic) bond motifs is 10. The van der Waals surface area contributed by atoms with E-state index in [2.05, 4.69) is 10.6 Å². The SMILES string of the molecule is CC[C@H]1OC(=O)C2(C)CCOC(C)(C[C@@H](C)CN[C@H](C)[C@H]3NC(=O)O[C@@]31C)[C@H](O[C@@H]1O[C@H]([C@H](O)CO)C[C@H](N(C)C)[C@H]1O)[C@@H](C)C2=O. The van der Waals surface area contributed by atoms with Crippen LogP contribution in [0, 0.1) is 17.3 Å². The molecule has 5 saturated heterocycles. The summed E-state index contributed by atoms with van der Waals surface area (Å²) in [7, 11) is 3.59. The van der Waals surface area contributed by atoms with Crippen molar-refractivity contribution in [2.24, 2.45) is 17.3 Å². The molecule has 270 valence electrons. The number of aliphatic hydroxyl groups is 3. The van der Waals surface area contributed by atoms with Crippen LogP contribution in [0.2, 0.25) is 0 Å². The number of likely N-dealkylation sites (N-methyl/N-ethyl adjacent to an activating group) is 1. The predicted molar refractivity (Wildman–Crippen MR) is 169 cm³/mol. The molecule has 0 aromatic rings. The summed E-state index contributed by atoms with van der Waals surface area (Å²) >= 11 is 0. The van der Waals surface area contributed by atoms with E-state index in [9.17, 15) is 29.7 Å². The number of ether oxygens (including phenoxy) is 5. The number of ketones is 1. The molecule has 5 aliphatic heterocycles. The van der Waals surface area contributed by atoms with Gasteiger partial charge in [-0.05, 0) is 79.9 Å². The molecule has 0 aromatic carbocycles. The molecule has 5 fully saturated rings. The summed E-state index contributed by atoms with van der Waals surface area (Å²) < 4.78 is 31.2. The number of Topliss-reactive ketones (excluding diaryl/α,β-unsaturated/α-hetero) is 1. The molecule has 0 spiro atoms. The number of nitrogens with one attached hydrogen (secondary N) is 2. The third-order valence-electron chi connectivity index (χ3n) is 11.0. The van der Waals surface area contributed by atoms with Gasteiger partial charge in [-0.2, -0.15) is 0 Å². The zero-order valence-electron chi connectivity index (χ0n) is 29.4. The van der Waals surface area contributed by atoms with Gasteiger partial charge in [-0.15, -0.1) is 0 Å². The van der Waals surface area contributed by atoms with E-state index in [1.165, 1.54) is 0 Å². The zero-order chi connectivity index (χ0) is 35.1. The molecule has 14 nitrogen and oxygen atoms in total. The van der Waals surface area contributed by atoms with Gasteiger partial charge in [0.1, 0.15) is 23.7 Å². The summed E-state index contributed by atoms with van der Waals surface area (Å²) in [6.45, 7) is 12.7. The first-order chi connectivity index (χ1) is 21.9. The summed E-state index contributed by atoms with van der Waals surface area (Å²) in [6, 6.07) is -1.27. The van der Waals surface area contributed by atoms with Crippen molar-refractivity contribution in [3.63, 3.8) is 0 Å². The summed E-state index contributed by atoms with van der Waals surface area (Å²) in [5.41, 5.74) is -3.90. The molecule has 5 aliphatic rings. The van der Waals surface area contributed by atoms with Gasteiger partial charge in [-0.1, -0.05) is 20.8 Å². The number of rotatable bonds is 6. The minimum atomic E-state index is -1.62. The smallest absolute Gasteiger partial charge is 0.408 e. The standard InChI is InChI=1S/C33H57N3O11/c1-10-23-33(7)25(35-30(42)47-33)19(4)34-15-17(2)14-32(6)27(18(3)26(40)31(5,11-12-43-32)29(41)45-23)46-28-24(39)20(36(8)9)13-22(44-28)21(38)16-37/h17-25,27-28,34,37-39H,10-16H2,1-9H3,(H,35,42)/t17-,18+,19-,20+,21-,22+,23-,24-,25-,27-,28+,31?,32?,33-/m1/s1. The van der Waals surface area contributed by atoms with E-state index in [1.807, 2.05) is 27.7 Å². The van der Waals surface area contributed by atoms with Crippen LogP contribution in [-0.2, 0) is 33.3 Å². The minimum absolute atomic E-state index is 0.0217. The molecule has 5 rings (SSSR count). The fourth-order valence-electron chi connectivity index (χ4n) is 8.09. The van der Waals surface area contributed by atoms with Gasteiger partial charge < -0.3 is 54.5 Å². The molecule has 14 heteroatoms. The van der Waals surface area contributed by atoms with Crippen molar-refractivity contribution in [3.8, 4) is 0 Å². The van der Waals surface area contributed by atoms with Crippen LogP contribution in [0.15, 0.2) is 0 Å². The van der Waals surface area contributed by atoms with Gasteiger partial charge in [0.15, 0.2) is 17.7 Å². The normalized spacial score (nSPS) is 46.0. The van der Waals surface area contributed by atoms with Gasteiger partial charge >= 0.3 is 12.1 Å². The maximum absolute atomic E-state index is 14.6. The van der Waals surface area contributed by atoms with Gasteiger partial charge in [-0.3, -0.25) is 9.59 Å². The molecular formula is C33H57N3O11. The van der Waals surface area contributed by atoms with E-state index in [1.54, 1.807) is 39.8 Å². The van der Waals surface area contributed by atoms with Gasteiger partial charge in [-0.25, -0.2) is 4.79 Å². The number of esters is 1. The van der Waals surface area contributed by atoms with Crippen molar-refractivity contribution in [2.75, 3.05) is 33.9 Å². The van der Waals surface area contributed by atoms with Crippen molar-refractivity contribution in [3.05, 3.63) is 0 Å². The lowest BCUT2D eigenvalue weighted by Crippen LogP contribution is -2.62. The van der Waals surface area contributed by atoms with Crippen LogP contribution in [0.25, 0.3) is 0 Å². The minimum Gasteiger partial charge on any atom is -0.457 e. The fourth-order valence-corrected chi connectivity index (χ4v) is 8.09. The molecule has 2 bridgehead atoms. The van der Waals surface area contributed by atoms with Crippen molar-refractivity contribution in [2.45, 2.75) is 140 Å². The number of hydrogen-bond donors (Lipinski definition) is 5. The molecule has 14 atom stereocenters. The maximum Gasteiger partial charge on any atom is 0.408 e. The molecule has 5 heterocycles. The Balaban J connectivity index is 1.76. The Hall–Kier alpha value is -1.91. The summed E-state index contributed by atoms with van der Waals surface area (Å²) in [4.78, 5) is 43.0. The quantitative estimate of drug-likeness (QED) is 0.197. The van der Waals surface area contributed by atoms with Crippen LogP contribution < -0.4 is 10.6 Å². The number of nitrogens with zero attached hydrogens (tertiary/aromatic N) is 1. The van der Waals surface area contributed by atoms with E-state index in [-0.39, 0.29) is 31.4 Å². The number of aliphatic hydroxyl groups excluding tert-OH is 3. The maximum atomic E-state index is 14.6. The number of amides is 1. The van der Waals surface area contributed by atoms with Crippen LogP contribution in [0.3, 0.4) is 0 Å². The molecule has 0 aliphatic carbocycles. The Morgan fingerprint density at radius 1 is 1.13 bits per heavy atom. The lowest BCUT2D eigenvalue weighted by Gasteiger charge is -2.49. The van der Waals surface area contributed by atoms with Crippen molar-refractivity contribution in [1.29, 1.82) is 0 Å². The monoisotopic (exact) mass is 671 g/mol. The van der Waals surface area contributed by atoms with Gasteiger partial charge in [0.25, 0.3) is 0 Å². The average molecular weight is 672 g/mol. The predicted octanol–water partition coefficient (Wildman–Crippen LogP) is 0.728. The third-order valence-corrected chi connectivity index (χ3v) is 11.0. The van der Waals surface area contributed by atoms with Gasteiger partial charge in [0, 0.05) is 24.6 Å². The number of alkyl carbamates (subject to hydrolysis) is 1. The largest absolute Gasteiger partial charge is 0.457 e. The second kappa shape index (κ2) is 14.5. The van der Waals surface area contributed by atoms with E-state index in [0.29, 0.717) is 19.4 Å². The highest BCUT2D eigenvalue weighted by Crippen LogP contribution is 2.43. The highest BCUT2D eigenvalue weighted by molar-refractivity contribution is 6.04. The Labute approximate surface area is 278 Å². The average Bonchev–Trinajstić information content (AvgIpc) is 3.33. The Bertz CT molecular complexity index is 1140. The number of carbonyl (C=O) groups excluding carboxylic acids is 3. The molecular weight excluding hydrogens is 614 g/mol. The summed E-state index contributed by atoms with van der Waals surface area (Å²) in [6.07, 6.45) is -5.84. The Morgan fingerprint density at radius 3 is 2.43 bits per heavy atom. The van der Waals surface area contributed by atoms with Crippen LogP contribution in [0.4, 0.5) is 4.79 Å². The second-order valence-electron chi connectivity index (χ2n) is 15.0. The molecule has 0 saturated carbocycles. The lowest BCUT2D eigenvalue weighted by molar-refractivity contribution is -0.311. The number of carbonyl (C=O) groups is 3. The van der Waals surface area contributed by atoms with E-state index >= 15 is 0 Å². The van der Waals surface area contributed by atoms with E-state index < -0.39 is 95.9 Å². The van der Waals surface area contributed by atoms with Crippen LogP contribution in [0.5, 0.6) is 0 Å². The first kappa shape index (κ1) is 37.9. The molecule has 2 unspecified atom stereocenters. The summed E-state index contributed by atoms with van der Waals surface area (Å²) in [5, 5.41) is 38.0. The number of hydrogen-bond acceptors (Lipinski definition) is 13. The van der Waals surface area contributed by atoms with Crippen LogP contribution in [0.1, 0.15) is 74.1 Å². The van der Waals surface area contributed by atoms with Crippen molar-refractivity contribution < 1.29 is 53.4 Å². The lowest BCUT2D eigenvalue weighted by atomic mass is 9.70. The molecule has 0 radical (unpaired) electrons.